The zero-order valence-corrected chi connectivity index (χ0v) is 8.39. The normalized spacial score (nSPS) is 26.1. The predicted octanol–water partition coefficient (Wildman–Crippen LogP) is 0.859. The molecule has 2 atom stereocenters. The second kappa shape index (κ2) is 4.40. The minimum Gasteiger partial charge on any atom is -0.481 e. The van der Waals surface area contributed by atoms with E-state index < -0.39 is 5.97 Å². The summed E-state index contributed by atoms with van der Waals surface area (Å²) in [6.45, 7) is 1.44. The van der Waals surface area contributed by atoms with E-state index in [0.29, 0.717) is 6.54 Å². The lowest BCUT2D eigenvalue weighted by Crippen LogP contribution is -2.39. The Hall–Kier alpha value is -1.42. The van der Waals surface area contributed by atoms with Crippen LogP contribution in [0.1, 0.15) is 17.9 Å². The number of hydrogen-bond donors (Lipinski definition) is 2. The number of carboxylic acids is 1. The first-order valence-electron chi connectivity index (χ1n) is 5.12. The van der Waals surface area contributed by atoms with Crippen LogP contribution in [-0.4, -0.2) is 29.1 Å². The van der Waals surface area contributed by atoms with E-state index in [-0.39, 0.29) is 11.8 Å². The molecule has 0 bridgehead atoms. The summed E-state index contributed by atoms with van der Waals surface area (Å²) in [6.07, 6.45) is 4.31. The van der Waals surface area contributed by atoms with Crippen LogP contribution >= 0.6 is 0 Å². The molecular formula is C11H14N2O2. The van der Waals surface area contributed by atoms with Gasteiger partial charge in [-0.05, 0) is 36.6 Å². The molecule has 2 heterocycles. The summed E-state index contributed by atoms with van der Waals surface area (Å²) in [5.41, 5.74) is 1.08. The summed E-state index contributed by atoms with van der Waals surface area (Å²) in [4.78, 5) is 15.0. The van der Waals surface area contributed by atoms with Crippen molar-refractivity contribution in [2.45, 2.75) is 12.3 Å². The molecule has 0 aliphatic carbocycles. The Balaban J connectivity index is 2.22. The van der Waals surface area contributed by atoms with Crippen LogP contribution in [0.3, 0.4) is 0 Å². The summed E-state index contributed by atoms with van der Waals surface area (Å²) in [7, 11) is 0. The average Bonchev–Trinajstić information content (AvgIpc) is 2.30. The standard InChI is InChI=1S/C11H14N2O2/c14-11(15)10-7-13-6-3-9(10)8-1-4-12-5-2-8/h1-2,4-5,9-10,13H,3,6-7H2,(H,14,15). The van der Waals surface area contributed by atoms with Crippen molar-refractivity contribution in [2.24, 2.45) is 5.92 Å². The molecular weight excluding hydrogens is 192 g/mol. The largest absolute Gasteiger partial charge is 0.481 e. The summed E-state index contributed by atoms with van der Waals surface area (Å²) in [5, 5.41) is 12.2. The van der Waals surface area contributed by atoms with Crippen LogP contribution in [0.4, 0.5) is 0 Å². The molecule has 1 aliphatic heterocycles. The number of rotatable bonds is 2. The van der Waals surface area contributed by atoms with Gasteiger partial charge in [0.2, 0.25) is 0 Å². The van der Waals surface area contributed by atoms with E-state index in [4.69, 9.17) is 5.11 Å². The number of carboxylic acid groups (broad SMARTS) is 1. The van der Waals surface area contributed by atoms with E-state index in [0.717, 1.165) is 18.5 Å². The van der Waals surface area contributed by atoms with Crippen LogP contribution in [0.5, 0.6) is 0 Å². The third kappa shape index (κ3) is 2.15. The fraction of sp³-hybridized carbons (Fsp3) is 0.455. The van der Waals surface area contributed by atoms with E-state index in [2.05, 4.69) is 10.3 Å². The van der Waals surface area contributed by atoms with Crippen LogP contribution in [0.15, 0.2) is 24.5 Å². The third-order valence-electron chi connectivity index (χ3n) is 2.93. The maximum atomic E-state index is 11.1. The molecule has 80 valence electrons. The van der Waals surface area contributed by atoms with Crippen molar-refractivity contribution >= 4 is 5.97 Å². The fourth-order valence-electron chi connectivity index (χ4n) is 2.13. The zero-order valence-electron chi connectivity index (χ0n) is 8.39. The first kappa shape index (κ1) is 10.1. The highest BCUT2D eigenvalue weighted by Crippen LogP contribution is 2.29. The lowest BCUT2D eigenvalue weighted by molar-refractivity contribution is -0.142. The molecule has 0 spiro atoms. The average molecular weight is 206 g/mol. The van der Waals surface area contributed by atoms with E-state index in [1.807, 2.05) is 12.1 Å². The smallest absolute Gasteiger partial charge is 0.308 e. The second-order valence-electron chi connectivity index (χ2n) is 3.82. The summed E-state index contributed by atoms with van der Waals surface area (Å²) in [5.74, 6) is -0.920. The number of aliphatic carboxylic acids is 1. The van der Waals surface area contributed by atoms with Crippen molar-refractivity contribution in [3.8, 4) is 0 Å². The minimum absolute atomic E-state index is 0.117. The molecule has 4 nitrogen and oxygen atoms in total. The molecule has 1 aromatic rings. The summed E-state index contributed by atoms with van der Waals surface area (Å²) >= 11 is 0. The van der Waals surface area contributed by atoms with Gasteiger partial charge in [0, 0.05) is 18.9 Å². The molecule has 15 heavy (non-hydrogen) atoms. The van der Waals surface area contributed by atoms with Crippen molar-refractivity contribution in [1.29, 1.82) is 0 Å². The molecule has 0 aromatic carbocycles. The molecule has 2 rings (SSSR count). The predicted molar refractivity (Wildman–Crippen MR) is 55.6 cm³/mol. The quantitative estimate of drug-likeness (QED) is 0.753. The van der Waals surface area contributed by atoms with Crippen molar-refractivity contribution in [1.82, 2.24) is 10.3 Å². The first-order chi connectivity index (χ1) is 7.29. The Morgan fingerprint density at radius 2 is 2.20 bits per heavy atom. The van der Waals surface area contributed by atoms with Crippen LogP contribution in [-0.2, 0) is 4.79 Å². The molecule has 0 saturated carbocycles. The van der Waals surface area contributed by atoms with Gasteiger partial charge in [0.25, 0.3) is 0 Å². The summed E-state index contributed by atoms with van der Waals surface area (Å²) < 4.78 is 0. The van der Waals surface area contributed by atoms with Gasteiger partial charge in [0.1, 0.15) is 0 Å². The van der Waals surface area contributed by atoms with Crippen LogP contribution in [0.25, 0.3) is 0 Å². The SMILES string of the molecule is O=C(O)C1CNCCC1c1ccncc1. The lowest BCUT2D eigenvalue weighted by atomic mass is 9.81. The Morgan fingerprint density at radius 3 is 2.87 bits per heavy atom. The van der Waals surface area contributed by atoms with Crippen molar-refractivity contribution in [3.05, 3.63) is 30.1 Å². The van der Waals surface area contributed by atoms with Gasteiger partial charge in [-0.2, -0.15) is 0 Å². The highest BCUT2D eigenvalue weighted by Gasteiger charge is 2.31. The van der Waals surface area contributed by atoms with E-state index in [9.17, 15) is 4.79 Å². The fourth-order valence-corrected chi connectivity index (χ4v) is 2.13. The number of nitrogens with zero attached hydrogens (tertiary/aromatic N) is 1. The van der Waals surface area contributed by atoms with Gasteiger partial charge in [-0.1, -0.05) is 0 Å². The first-order valence-corrected chi connectivity index (χ1v) is 5.12. The number of nitrogens with one attached hydrogen (secondary N) is 1. The molecule has 1 fully saturated rings. The Morgan fingerprint density at radius 1 is 1.47 bits per heavy atom. The van der Waals surface area contributed by atoms with E-state index in [1.54, 1.807) is 12.4 Å². The third-order valence-corrected chi connectivity index (χ3v) is 2.93. The molecule has 2 N–H and O–H groups in total. The highest BCUT2D eigenvalue weighted by molar-refractivity contribution is 5.72. The van der Waals surface area contributed by atoms with Crippen molar-refractivity contribution in [3.63, 3.8) is 0 Å². The topological polar surface area (TPSA) is 62.2 Å². The molecule has 1 aromatic heterocycles. The Kier molecular flexibility index (Phi) is 2.97. The van der Waals surface area contributed by atoms with Crippen LogP contribution < -0.4 is 5.32 Å². The Labute approximate surface area is 88.3 Å². The number of piperidine rings is 1. The van der Waals surface area contributed by atoms with Crippen LogP contribution in [0.2, 0.25) is 0 Å². The van der Waals surface area contributed by atoms with Gasteiger partial charge in [-0.15, -0.1) is 0 Å². The van der Waals surface area contributed by atoms with Gasteiger partial charge in [0.15, 0.2) is 0 Å². The van der Waals surface area contributed by atoms with Gasteiger partial charge >= 0.3 is 5.97 Å². The van der Waals surface area contributed by atoms with Gasteiger partial charge in [0.05, 0.1) is 5.92 Å². The number of pyridine rings is 1. The van der Waals surface area contributed by atoms with Gasteiger partial charge in [-0.25, -0.2) is 0 Å². The number of hydrogen-bond acceptors (Lipinski definition) is 3. The molecule has 0 radical (unpaired) electrons. The maximum absolute atomic E-state index is 11.1. The zero-order chi connectivity index (χ0) is 10.7. The van der Waals surface area contributed by atoms with Gasteiger partial charge in [-0.3, -0.25) is 9.78 Å². The number of aromatic nitrogens is 1. The molecule has 4 heteroatoms. The number of carbonyl (C=O) groups is 1. The second-order valence-corrected chi connectivity index (χ2v) is 3.82. The molecule has 0 amide bonds. The van der Waals surface area contributed by atoms with Crippen molar-refractivity contribution < 1.29 is 9.90 Å². The van der Waals surface area contributed by atoms with E-state index in [1.165, 1.54) is 0 Å². The molecule has 2 unspecified atom stereocenters. The van der Waals surface area contributed by atoms with Crippen molar-refractivity contribution in [2.75, 3.05) is 13.1 Å². The summed E-state index contributed by atoms with van der Waals surface area (Å²) in [6, 6.07) is 3.82. The van der Waals surface area contributed by atoms with Crippen LogP contribution in [0, 0.1) is 5.92 Å². The van der Waals surface area contributed by atoms with E-state index >= 15 is 0 Å². The monoisotopic (exact) mass is 206 g/mol. The Bertz CT molecular complexity index is 340. The highest BCUT2D eigenvalue weighted by atomic mass is 16.4. The minimum atomic E-state index is -0.719. The van der Waals surface area contributed by atoms with Gasteiger partial charge < -0.3 is 10.4 Å². The lowest BCUT2D eigenvalue weighted by Gasteiger charge is -2.29. The maximum Gasteiger partial charge on any atom is 0.308 e. The molecule has 1 saturated heterocycles. The molecule has 1 aliphatic rings.